The minimum atomic E-state index is -4.32. The van der Waals surface area contributed by atoms with Crippen molar-refractivity contribution in [2.75, 3.05) is 17.4 Å². The summed E-state index contributed by atoms with van der Waals surface area (Å²) in [5.74, 6) is -1.57. The molecule has 3 rings (SSSR count). The zero-order valence-corrected chi connectivity index (χ0v) is 22.9. The molecule has 0 bridgehead atoms. The van der Waals surface area contributed by atoms with Gasteiger partial charge in [-0.05, 0) is 49.6 Å². The monoisotopic (exact) mass is 539 g/mol. The van der Waals surface area contributed by atoms with Gasteiger partial charge in [0.2, 0.25) is 11.8 Å². The van der Waals surface area contributed by atoms with Gasteiger partial charge < -0.3 is 10.2 Å². The third kappa shape index (κ3) is 7.19. The number of amides is 2. The molecule has 0 heterocycles. The van der Waals surface area contributed by atoms with Crippen LogP contribution in [-0.4, -0.2) is 44.3 Å². The van der Waals surface area contributed by atoms with Crippen molar-refractivity contribution in [2.24, 2.45) is 5.92 Å². The molecule has 0 aromatic heterocycles. The van der Waals surface area contributed by atoms with Gasteiger partial charge >= 0.3 is 0 Å². The van der Waals surface area contributed by atoms with Gasteiger partial charge in [-0.15, -0.1) is 0 Å². The molecule has 2 amide bonds. The molecule has 0 unspecified atom stereocenters. The average molecular weight is 540 g/mol. The summed E-state index contributed by atoms with van der Waals surface area (Å²) in [4.78, 5) is 28.0. The zero-order valence-electron chi connectivity index (χ0n) is 22.1. The first kappa shape index (κ1) is 28.8. The van der Waals surface area contributed by atoms with E-state index in [4.69, 9.17) is 0 Å². The number of hydrogen-bond acceptors (Lipinski definition) is 4. The minimum Gasteiger partial charge on any atom is -0.354 e. The second-order valence-corrected chi connectivity index (χ2v) is 11.5. The lowest BCUT2D eigenvalue weighted by atomic mass is 10.1. The third-order valence-corrected chi connectivity index (χ3v) is 7.83. The van der Waals surface area contributed by atoms with E-state index in [1.807, 2.05) is 51.1 Å². The van der Waals surface area contributed by atoms with E-state index in [9.17, 15) is 22.4 Å². The Labute approximate surface area is 224 Å². The fourth-order valence-electron chi connectivity index (χ4n) is 3.82. The van der Waals surface area contributed by atoms with Crippen molar-refractivity contribution in [1.29, 1.82) is 0 Å². The highest BCUT2D eigenvalue weighted by Gasteiger charge is 2.33. The van der Waals surface area contributed by atoms with Crippen LogP contribution in [0.5, 0.6) is 0 Å². The van der Waals surface area contributed by atoms with Crippen molar-refractivity contribution in [2.45, 2.75) is 45.2 Å². The molecule has 9 heteroatoms. The minimum absolute atomic E-state index is 0.0727. The van der Waals surface area contributed by atoms with Crippen molar-refractivity contribution in [3.05, 3.63) is 95.8 Å². The van der Waals surface area contributed by atoms with E-state index in [2.05, 4.69) is 5.32 Å². The third-order valence-electron chi connectivity index (χ3n) is 6.06. The Morgan fingerprint density at radius 1 is 0.895 bits per heavy atom. The van der Waals surface area contributed by atoms with Crippen molar-refractivity contribution < 1.29 is 22.4 Å². The maximum atomic E-state index is 14.9. The number of halogens is 1. The van der Waals surface area contributed by atoms with Crippen LogP contribution in [0.4, 0.5) is 10.1 Å². The Bertz CT molecular complexity index is 1350. The summed E-state index contributed by atoms with van der Waals surface area (Å²) in [6, 6.07) is 19.7. The molecule has 3 aromatic carbocycles. The second kappa shape index (κ2) is 12.7. The molecule has 3 aromatic rings. The molecule has 0 aliphatic rings. The lowest BCUT2D eigenvalue weighted by molar-refractivity contribution is -0.139. The van der Waals surface area contributed by atoms with Gasteiger partial charge in [-0.25, -0.2) is 12.8 Å². The molecule has 0 aliphatic heterocycles. The van der Waals surface area contributed by atoms with E-state index in [1.54, 1.807) is 19.1 Å². The molecule has 7 nitrogen and oxygen atoms in total. The predicted octanol–water partition coefficient (Wildman–Crippen LogP) is 4.52. The van der Waals surface area contributed by atoms with Crippen molar-refractivity contribution >= 4 is 27.5 Å². The van der Waals surface area contributed by atoms with Gasteiger partial charge in [0.1, 0.15) is 18.4 Å². The van der Waals surface area contributed by atoms with Gasteiger partial charge in [-0.3, -0.25) is 13.9 Å². The fourth-order valence-corrected chi connectivity index (χ4v) is 5.24. The standard InChI is InChI=1S/C29H34FN3O4S/c1-21(2)18-31-29(35)23(4)32(19-24-10-6-5-7-11-24)28(34)20-33(27-13-9-8-12-26(27)30)38(36,37)25-16-14-22(3)15-17-25/h5-17,21,23H,18-20H2,1-4H3,(H,31,35)/t23-/m0/s1. The summed E-state index contributed by atoms with van der Waals surface area (Å²) in [5.41, 5.74) is 1.37. The molecule has 0 spiro atoms. The molecule has 0 saturated heterocycles. The number of carbonyl (C=O) groups is 2. The van der Waals surface area contributed by atoms with Crippen LogP contribution in [0.15, 0.2) is 83.8 Å². The topological polar surface area (TPSA) is 86.8 Å². The molecule has 0 fully saturated rings. The number of sulfonamides is 1. The molecule has 202 valence electrons. The molecule has 1 N–H and O–H groups in total. The number of nitrogens with zero attached hydrogens (tertiary/aromatic N) is 2. The molecule has 1 atom stereocenters. The van der Waals surface area contributed by atoms with E-state index in [-0.39, 0.29) is 29.0 Å². The van der Waals surface area contributed by atoms with Crippen LogP contribution in [0.25, 0.3) is 0 Å². The highest BCUT2D eigenvalue weighted by molar-refractivity contribution is 7.92. The summed E-state index contributed by atoms with van der Waals surface area (Å²) in [6.45, 7) is 7.15. The van der Waals surface area contributed by atoms with Gasteiger partial charge in [0.05, 0.1) is 10.6 Å². The number of benzene rings is 3. The van der Waals surface area contributed by atoms with Gasteiger partial charge in [-0.2, -0.15) is 0 Å². The highest BCUT2D eigenvalue weighted by atomic mass is 32.2. The Morgan fingerprint density at radius 2 is 1.50 bits per heavy atom. The van der Waals surface area contributed by atoms with Gasteiger partial charge in [0.15, 0.2) is 0 Å². The SMILES string of the molecule is Cc1ccc(S(=O)(=O)N(CC(=O)N(Cc2ccccc2)[C@@H](C)C(=O)NCC(C)C)c2ccccc2F)cc1. The predicted molar refractivity (Wildman–Crippen MR) is 146 cm³/mol. The van der Waals surface area contributed by atoms with Gasteiger partial charge in [0, 0.05) is 13.1 Å². The first-order valence-electron chi connectivity index (χ1n) is 12.5. The van der Waals surface area contributed by atoms with Crippen molar-refractivity contribution in [3.8, 4) is 0 Å². The number of anilines is 1. The number of rotatable bonds is 11. The number of hydrogen-bond donors (Lipinski definition) is 1. The molecular formula is C29H34FN3O4S. The van der Waals surface area contributed by atoms with Crippen LogP contribution in [0.3, 0.4) is 0 Å². The van der Waals surface area contributed by atoms with E-state index in [0.717, 1.165) is 21.5 Å². The Hall–Kier alpha value is -3.72. The quantitative estimate of drug-likeness (QED) is 0.388. The van der Waals surface area contributed by atoms with E-state index in [1.165, 1.54) is 35.2 Å². The molecule has 0 saturated carbocycles. The summed E-state index contributed by atoms with van der Waals surface area (Å²) in [6.07, 6.45) is 0. The van der Waals surface area contributed by atoms with Crippen LogP contribution < -0.4 is 9.62 Å². The largest absolute Gasteiger partial charge is 0.354 e. The van der Waals surface area contributed by atoms with Crippen LogP contribution in [0, 0.1) is 18.7 Å². The summed E-state index contributed by atoms with van der Waals surface area (Å²) in [7, 11) is -4.32. The number of nitrogens with one attached hydrogen (secondary N) is 1. The van der Waals surface area contributed by atoms with E-state index < -0.39 is 34.3 Å². The van der Waals surface area contributed by atoms with Gasteiger partial charge in [0.25, 0.3) is 10.0 Å². The molecule has 0 radical (unpaired) electrons. The molecule has 0 aliphatic carbocycles. The summed E-state index contributed by atoms with van der Waals surface area (Å²) in [5, 5.41) is 2.83. The van der Waals surface area contributed by atoms with Crippen molar-refractivity contribution in [1.82, 2.24) is 10.2 Å². The summed E-state index contributed by atoms with van der Waals surface area (Å²) >= 11 is 0. The van der Waals surface area contributed by atoms with Crippen LogP contribution in [0.2, 0.25) is 0 Å². The van der Waals surface area contributed by atoms with E-state index in [0.29, 0.717) is 6.54 Å². The highest BCUT2D eigenvalue weighted by Crippen LogP contribution is 2.27. The first-order valence-corrected chi connectivity index (χ1v) is 13.9. The number of para-hydroxylation sites is 1. The Balaban J connectivity index is 2.01. The lowest BCUT2D eigenvalue weighted by Crippen LogP contribution is -2.51. The maximum Gasteiger partial charge on any atom is 0.264 e. The van der Waals surface area contributed by atoms with Crippen LogP contribution in [0.1, 0.15) is 31.9 Å². The Kier molecular flexibility index (Phi) is 9.63. The van der Waals surface area contributed by atoms with Gasteiger partial charge in [-0.1, -0.05) is 74.0 Å². The van der Waals surface area contributed by atoms with Crippen LogP contribution >= 0.6 is 0 Å². The first-order chi connectivity index (χ1) is 18.0. The number of aryl methyl sites for hydroxylation is 1. The summed E-state index contributed by atoms with van der Waals surface area (Å²) < 4.78 is 43.1. The fraction of sp³-hybridized carbons (Fsp3) is 0.310. The molecule has 38 heavy (non-hydrogen) atoms. The smallest absolute Gasteiger partial charge is 0.264 e. The normalized spacial score (nSPS) is 12.2. The zero-order chi connectivity index (χ0) is 27.9. The van der Waals surface area contributed by atoms with E-state index >= 15 is 0 Å². The van der Waals surface area contributed by atoms with Crippen molar-refractivity contribution in [3.63, 3.8) is 0 Å². The average Bonchev–Trinajstić information content (AvgIpc) is 2.89. The second-order valence-electron chi connectivity index (χ2n) is 9.60. The van der Waals surface area contributed by atoms with Crippen LogP contribution in [-0.2, 0) is 26.2 Å². The maximum absolute atomic E-state index is 14.9. The Morgan fingerprint density at radius 3 is 2.11 bits per heavy atom. The lowest BCUT2D eigenvalue weighted by Gasteiger charge is -2.32. The number of carbonyl (C=O) groups excluding carboxylic acids is 2. The molecular weight excluding hydrogens is 505 g/mol.